The minimum atomic E-state index is -2.46. The lowest BCUT2D eigenvalue weighted by atomic mass is 9.99. The van der Waals surface area contributed by atoms with Crippen LogP contribution >= 0.6 is 0 Å². The Morgan fingerprint density at radius 3 is 1.00 bits per heavy atom. The molecule has 45 heavy (non-hydrogen) atoms. The molecular formula is C27H6F12N6. The highest BCUT2D eigenvalue weighted by molar-refractivity contribution is 6.10. The van der Waals surface area contributed by atoms with Gasteiger partial charge in [0.2, 0.25) is 0 Å². The molecule has 1 fully saturated rings. The van der Waals surface area contributed by atoms with Gasteiger partial charge in [-0.15, -0.1) is 0 Å². The maximum Gasteiger partial charge on any atom is 0.185 e. The van der Waals surface area contributed by atoms with Crippen LogP contribution in [-0.4, -0.2) is 0 Å². The van der Waals surface area contributed by atoms with E-state index in [9.17, 15) is 63.2 Å². The van der Waals surface area contributed by atoms with E-state index in [1.807, 2.05) is 0 Å². The van der Waals surface area contributed by atoms with Crippen molar-refractivity contribution in [2.24, 2.45) is 5.73 Å². The van der Waals surface area contributed by atoms with Crippen LogP contribution in [0.3, 0.4) is 0 Å². The first-order chi connectivity index (χ1) is 21.0. The Morgan fingerprint density at radius 1 is 0.422 bits per heavy atom. The summed E-state index contributed by atoms with van der Waals surface area (Å²) < 4.78 is 175. The van der Waals surface area contributed by atoms with Gasteiger partial charge >= 0.3 is 0 Å². The molecule has 18 heteroatoms. The molecule has 1 saturated carbocycles. The monoisotopic (exact) mass is 642 g/mol. The van der Waals surface area contributed by atoms with E-state index < -0.39 is 137 Å². The van der Waals surface area contributed by atoms with Crippen LogP contribution in [0.25, 0.3) is 16.8 Å². The summed E-state index contributed by atoms with van der Waals surface area (Å²) in [4.78, 5) is 0. The number of hydrogen-bond donors (Lipinski definition) is 3. The highest BCUT2D eigenvalue weighted by Gasteiger charge is 2.45. The van der Waals surface area contributed by atoms with E-state index in [1.54, 1.807) is 0 Å². The summed E-state index contributed by atoms with van der Waals surface area (Å²) >= 11 is 0. The predicted octanol–water partition coefficient (Wildman–Crippen LogP) is 6.03. The summed E-state index contributed by atoms with van der Waals surface area (Å²) in [6, 6.07) is 2.83. The number of nitrogens with two attached hydrogens (primary N) is 3. The smallest absolute Gasteiger partial charge is 0.185 e. The molecule has 4 rings (SSSR count). The Labute approximate surface area is 241 Å². The number of rotatable bonds is 3. The topological polar surface area (TPSA) is 149 Å². The van der Waals surface area contributed by atoms with Gasteiger partial charge in [-0.25, -0.2) is 52.7 Å². The summed E-state index contributed by atoms with van der Waals surface area (Å²) in [5.74, 6) is -28.3. The largest absolute Gasteiger partial charge is 0.398 e. The number of anilines is 2. The van der Waals surface area contributed by atoms with Crippen LogP contribution in [0.15, 0.2) is 16.7 Å². The van der Waals surface area contributed by atoms with Crippen molar-refractivity contribution in [1.29, 1.82) is 15.8 Å². The Bertz CT molecular complexity index is 2060. The molecule has 228 valence electrons. The highest BCUT2D eigenvalue weighted by atomic mass is 19.2. The van der Waals surface area contributed by atoms with Crippen LogP contribution in [0.1, 0.15) is 22.3 Å². The normalized spacial score (nSPS) is 15.7. The lowest BCUT2D eigenvalue weighted by Crippen LogP contribution is -2.11. The van der Waals surface area contributed by atoms with Gasteiger partial charge in [-0.3, -0.25) is 0 Å². The van der Waals surface area contributed by atoms with Gasteiger partial charge in [-0.05, 0) is 0 Å². The number of nitrogens with zero attached hydrogens (tertiary/aromatic N) is 3. The fourth-order valence-electron chi connectivity index (χ4n) is 4.26. The zero-order valence-corrected chi connectivity index (χ0v) is 21.1. The van der Waals surface area contributed by atoms with E-state index in [0.29, 0.717) is 0 Å². The summed E-state index contributed by atoms with van der Waals surface area (Å²) in [6.07, 6.45) is 0. The zero-order chi connectivity index (χ0) is 34.0. The lowest BCUT2D eigenvalue weighted by Gasteiger charge is -2.10. The van der Waals surface area contributed by atoms with Gasteiger partial charge in [0.1, 0.15) is 35.1 Å². The minimum absolute atomic E-state index is 0.796. The van der Waals surface area contributed by atoms with Crippen molar-refractivity contribution in [1.82, 2.24) is 0 Å². The maximum atomic E-state index is 14.9. The van der Waals surface area contributed by atoms with Gasteiger partial charge in [-0.2, -0.15) is 15.8 Å². The van der Waals surface area contributed by atoms with Crippen LogP contribution in [0, 0.1) is 104 Å². The number of nitriles is 3. The first-order valence-corrected chi connectivity index (χ1v) is 11.3. The maximum absolute atomic E-state index is 14.9. The molecule has 0 unspecified atom stereocenters. The molecule has 3 aromatic carbocycles. The standard InChI is InChI=1S/C27H6F12N6/c28-13-6(3-42)14(29)16(31)9(15(13)30)4(1-40)7-8(5(2-41)10-17(32)21(36)26(44)22(37)18(10)33)11(7)25(43)12-19(34)23(38)27(45)24(39)20(12)35/h43-45H2/b7-4+,8-5-,25-11?. The van der Waals surface area contributed by atoms with E-state index >= 15 is 0 Å². The van der Waals surface area contributed by atoms with Crippen molar-refractivity contribution < 1.29 is 52.7 Å². The van der Waals surface area contributed by atoms with Crippen LogP contribution in [-0.2, 0) is 0 Å². The Hall–Kier alpha value is -6.09. The molecule has 0 amide bonds. The molecule has 0 atom stereocenters. The van der Waals surface area contributed by atoms with Gasteiger partial charge in [0.25, 0.3) is 0 Å². The molecule has 0 heterocycles. The Balaban J connectivity index is 2.32. The molecule has 0 aromatic heterocycles. The van der Waals surface area contributed by atoms with Crippen molar-refractivity contribution in [2.45, 2.75) is 0 Å². The van der Waals surface area contributed by atoms with Gasteiger partial charge < -0.3 is 17.2 Å². The second-order valence-electron chi connectivity index (χ2n) is 8.72. The molecule has 3 aromatic rings. The highest BCUT2D eigenvalue weighted by Crippen LogP contribution is 2.56. The van der Waals surface area contributed by atoms with Crippen molar-refractivity contribution in [3.63, 3.8) is 0 Å². The fraction of sp³-hybridized carbons (Fsp3) is 0. The molecule has 0 aliphatic heterocycles. The second-order valence-corrected chi connectivity index (χ2v) is 8.72. The molecule has 6 nitrogen and oxygen atoms in total. The van der Waals surface area contributed by atoms with Crippen LogP contribution in [0.2, 0.25) is 0 Å². The lowest BCUT2D eigenvalue weighted by molar-refractivity contribution is 0.447. The van der Waals surface area contributed by atoms with E-state index in [2.05, 4.69) is 0 Å². The summed E-state index contributed by atoms with van der Waals surface area (Å²) in [6.45, 7) is 0. The molecule has 0 saturated heterocycles. The van der Waals surface area contributed by atoms with Crippen LogP contribution < -0.4 is 17.2 Å². The molecule has 0 spiro atoms. The first kappa shape index (κ1) is 31.8. The number of halogens is 12. The van der Waals surface area contributed by atoms with Gasteiger partial charge in [0, 0.05) is 16.7 Å². The first-order valence-electron chi connectivity index (χ1n) is 11.3. The average Bonchev–Trinajstić information content (AvgIpc) is 3.75. The molecule has 1 aliphatic carbocycles. The number of hydrogen-bond acceptors (Lipinski definition) is 6. The van der Waals surface area contributed by atoms with Crippen molar-refractivity contribution in [2.75, 3.05) is 11.5 Å². The number of benzene rings is 3. The van der Waals surface area contributed by atoms with Crippen molar-refractivity contribution in [3.8, 4) is 18.2 Å². The molecule has 0 bridgehead atoms. The third-order valence-corrected chi connectivity index (χ3v) is 6.42. The quantitative estimate of drug-likeness (QED) is 0.138. The molecule has 0 radical (unpaired) electrons. The van der Waals surface area contributed by atoms with E-state index in [1.165, 1.54) is 0 Å². The average molecular weight is 642 g/mol. The van der Waals surface area contributed by atoms with Crippen molar-refractivity contribution >= 4 is 28.2 Å². The summed E-state index contributed by atoms with van der Waals surface area (Å²) in [7, 11) is 0. The van der Waals surface area contributed by atoms with Crippen LogP contribution in [0.4, 0.5) is 64.1 Å². The zero-order valence-electron chi connectivity index (χ0n) is 21.1. The molecule has 1 aliphatic rings. The van der Waals surface area contributed by atoms with Crippen LogP contribution in [0.5, 0.6) is 0 Å². The SMILES string of the molecule is N#C/C(=C1\C(=C(N)c2c(F)c(F)c(N)c(F)c2F)\C1=C(\C#N)c1c(F)c(F)c(N)c(F)c1F)c1c(F)c(F)c(C#N)c(F)c1F. The fourth-order valence-corrected chi connectivity index (χ4v) is 4.26. The van der Waals surface area contributed by atoms with Gasteiger partial charge in [0.05, 0.1) is 33.5 Å². The number of allylic oxidation sites excluding steroid dienone is 5. The Morgan fingerprint density at radius 2 is 0.711 bits per heavy atom. The van der Waals surface area contributed by atoms with E-state index in [4.69, 9.17) is 22.5 Å². The predicted molar refractivity (Wildman–Crippen MR) is 129 cm³/mol. The van der Waals surface area contributed by atoms with E-state index in [0.717, 1.165) is 18.2 Å². The Kier molecular flexibility index (Phi) is 7.69. The third kappa shape index (κ3) is 4.36. The van der Waals surface area contributed by atoms with Gasteiger partial charge in [-0.1, -0.05) is 0 Å². The van der Waals surface area contributed by atoms with Gasteiger partial charge in [0.15, 0.2) is 69.8 Å². The number of nitrogen functional groups attached to an aromatic ring is 2. The third-order valence-electron chi connectivity index (χ3n) is 6.42. The second kappa shape index (κ2) is 10.9. The molecule has 6 N–H and O–H groups in total. The van der Waals surface area contributed by atoms with E-state index in [-0.39, 0.29) is 0 Å². The summed E-state index contributed by atoms with van der Waals surface area (Å²) in [5.41, 5.74) is -4.33. The minimum Gasteiger partial charge on any atom is -0.398 e. The summed E-state index contributed by atoms with van der Waals surface area (Å²) in [5, 5.41) is 28.3. The van der Waals surface area contributed by atoms with Crippen molar-refractivity contribution in [3.05, 3.63) is 109 Å². The molecular weight excluding hydrogens is 636 g/mol.